The van der Waals surface area contributed by atoms with Crippen molar-refractivity contribution in [3.63, 3.8) is 0 Å². The third-order valence-corrected chi connectivity index (χ3v) is 3.70. The first-order valence-corrected chi connectivity index (χ1v) is 6.63. The van der Waals surface area contributed by atoms with Gasteiger partial charge in [-0.05, 0) is 31.2 Å². The monoisotopic (exact) mass is 279 g/mol. The van der Waals surface area contributed by atoms with Crippen LogP contribution in [0.5, 0.6) is 0 Å². The van der Waals surface area contributed by atoms with Crippen molar-refractivity contribution >= 4 is 17.3 Å². The van der Waals surface area contributed by atoms with E-state index in [4.69, 9.17) is 5.11 Å². The lowest BCUT2D eigenvalue weighted by Crippen LogP contribution is -2.34. The van der Waals surface area contributed by atoms with Gasteiger partial charge in [0.05, 0.1) is 4.92 Å². The van der Waals surface area contributed by atoms with E-state index < -0.39 is 10.9 Å². The second-order valence-electron chi connectivity index (χ2n) is 4.98. The maximum atomic E-state index is 11.0. The van der Waals surface area contributed by atoms with Crippen molar-refractivity contribution in [3.8, 4) is 0 Å². The van der Waals surface area contributed by atoms with Gasteiger partial charge in [0, 0.05) is 25.7 Å². The van der Waals surface area contributed by atoms with Gasteiger partial charge in [-0.3, -0.25) is 19.9 Å². The molecule has 0 spiro atoms. The van der Waals surface area contributed by atoms with Crippen LogP contribution in [0.4, 0.5) is 11.4 Å². The van der Waals surface area contributed by atoms with Gasteiger partial charge in [0.1, 0.15) is 11.9 Å². The molecule has 2 heterocycles. The quantitative estimate of drug-likeness (QED) is 0.654. The summed E-state index contributed by atoms with van der Waals surface area (Å²) in [5, 5.41) is 19.7. The molecule has 1 fully saturated rings. The number of hydrogen-bond donors (Lipinski definition) is 1. The molecule has 0 amide bonds. The first kappa shape index (κ1) is 14.2. The lowest BCUT2D eigenvalue weighted by molar-refractivity contribution is -0.384. The number of carboxylic acids is 1. The third kappa shape index (κ3) is 3.43. The van der Waals surface area contributed by atoms with Crippen molar-refractivity contribution in [3.05, 3.63) is 28.6 Å². The number of carbonyl (C=O) groups is 1. The number of aliphatic carboxylic acids is 1. The van der Waals surface area contributed by atoms with Crippen LogP contribution in [-0.2, 0) is 4.79 Å². The first-order chi connectivity index (χ1) is 9.58. The minimum atomic E-state index is -0.766. The summed E-state index contributed by atoms with van der Waals surface area (Å²) >= 11 is 0. The van der Waals surface area contributed by atoms with Crippen molar-refractivity contribution in [1.82, 2.24) is 4.98 Å². The van der Waals surface area contributed by atoms with Gasteiger partial charge in [-0.2, -0.15) is 0 Å². The summed E-state index contributed by atoms with van der Waals surface area (Å²) in [5.41, 5.74) is 0.623. The van der Waals surface area contributed by atoms with Crippen molar-refractivity contribution in [2.24, 2.45) is 5.92 Å². The Hall–Kier alpha value is -2.18. The summed E-state index contributed by atoms with van der Waals surface area (Å²) in [7, 11) is 0. The average molecular weight is 279 g/mol. The molecule has 1 aromatic heterocycles. The first-order valence-electron chi connectivity index (χ1n) is 6.63. The van der Waals surface area contributed by atoms with Crippen LogP contribution in [0, 0.1) is 16.0 Å². The lowest BCUT2D eigenvalue weighted by atomic mass is 9.92. The Morgan fingerprint density at radius 1 is 1.50 bits per heavy atom. The fraction of sp³-hybridized carbons (Fsp3) is 0.538. The van der Waals surface area contributed by atoms with Crippen molar-refractivity contribution < 1.29 is 14.8 Å². The lowest BCUT2D eigenvalue weighted by Gasteiger charge is -2.33. The molecular formula is C13H17N3O4. The van der Waals surface area contributed by atoms with E-state index in [1.807, 2.05) is 4.90 Å². The van der Waals surface area contributed by atoms with E-state index in [1.165, 1.54) is 6.20 Å². The molecule has 0 saturated carbocycles. The minimum absolute atomic E-state index is 0.0245. The normalized spacial score (nSPS) is 16.1. The van der Waals surface area contributed by atoms with Crippen LogP contribution in [0.3, 0.4) is 0 Å². The standard InChI is InChI=1S/C13H17N3O4/c17-13(18)2-1-10-4-7-15(8-5-10)11-3-6-14-9-12(11)16(19)20/h3,6,9-10H,1-2,4-5,7-8H2,(H,17,18). The van der Waals surface area contributed by atoms with Gasteiger partial charge in [-0.15, -0.1) is 0 Å². The highest BCUT2D eigenvalue weighted by Crippen LogP contribution is 2.31. The van der Waals surface area contributed by atoms with Gasteiger partial charge < -0.3 is 10.0 Å². The highest BCUT2D eigenvalue weighted by molar-refractivity contribution is 5.66. The zero-order chi connectivity index (χ0) is 14.5. The van der Waals surface area contributed by atoms with Gasteiger partial charge in [0.25, 0.3) is 0 Å². The molecule has 0 atom stereocenters. The molecule has 0 radical (unpaired) electrons. The Morgan fingerprint density at radius 3 is 2.80 bits per heavy atom. The van der Waals surface area contributed by atoms with Gasteiger partial charge in [-0.25, -0.2) is 0 Å². The van der Waals surface area contributed by atoms with E-state index in [0.29, 0.717) is 18.0 Å². The molecule has 108 valence electrons. The third-order valence-electron chi connectivity index (χ3n) is 3.70. The molecule has 1 aromatic rings. The van der Waals surface area contributed by atoms with Gasteiger partial charge in [0.2, 0.25) is 0 Å². The van der Waals surface area contributed by atoms with Crippen LogP contribution in [-0.4, -0.2) is 34.1 Å². The molecule has 0 aliphatic carbocycles. The van der Waals surface area contributed by atoms with Crippen LogP contribution in [0.2, 0.25) is 0 Å². The van der Waals surface area contributed by atoms with Gasteiger partial charge >= 0.3 is 11.7 Å². The zero-order valence-corrected chi connectivity index (χ0v) is 11.1. The zero-order valence-electron chi connectivity index (χ0n) is 11.1. The minimum Gasteiger partial charge on any atom is -0.481 e. The molecule has 7 heteroatoms. The Balaban J connectivity index is 1.97. The number of rotatable bonds is 5. The van der Waals surface area contributed by atoms with Crippen LogP contribution in [0.15, 0.2) is 18.5 Å². The number of piperidine rings is 1. The SMILES string of the molecule is O=C(O)CCC1CCN(c2ccncc2[N+](=O)[O-])CC1. The molecule has 2 rings (SSSR count). The highest BCUT2D eigenvalue weighted by Gasteiger charge is 2.24. The van der Waals surface area contributed by atoms with Crippen LogP contribution < -0.4 is 4.90 Å². The van der Waals surface area contributed by atoms with Crippen molar-refractivity contribution in [1.29, 1.82) is 0 Å². The fourth-order valence-electron chi connectivity index (χ4n) is 2.58. The highest BCUT2D eigenvalue weighted by atomic mass is 16.6. The Morgan fingerprint density at radius 2 is 2.20 bits per heavy atom. The second-order valence-corrected chi connectivity index (χ2v) is 4.98. The fourth-order valence-corrected chi connectivity index (χ4v) is 2.58. The number of pyridine rings is 1. The number of carboxylic acid groups (broad SMARTS) is 1. The van der Waals surface area contributed by atoms with E-state index in [9.17, 15) is 14.9 Å². The smallest absolute Gasteiger partial charge is 0.310 e. The Labute approximate surface area is 116 Å². The number of hydrogen-bond acceptors (Lipinski definition) is 5. The number of nitro groups is 1. The number of anilines is 1. The molecule has 0 aromatic carbocycles. The predicted octanol–water partition coefficient (Wildman–Crippen LogP) is 2.07. The summed E-state index contributed by atoms with van der Waals surface area (Å²) in [6, 6.07) is 1.66. The Bertz CT molecular complexity index is 498. The van der Waals surface area contributed by atoms with E-state index in [1.54, 1.807) is 12.3 Å². The molecule has 7 nitrogen and oxygen atoms in total. The van der Waals surface area contributed by atoms with Gasteiger partial charge in [0.15, 0.2) is 0 Å². The van der Waals surface area contributed by atoms with Crippen LogP contribution in [0.1, 0.15) is 25.7 Å². The van der Waals surface area contributed by atoms with Crippen molar-refractivity contribution in [2.75, 3.05) is 18.0 Å². The van der Waals surface area contributed by atoms with Crippen LogP contribution in [0.25, 0.3) is 0 Å². The maximum Gasteiger partial charge on any atom is 0.310 e. The van der Waals surface area contributed by atoms with Crippen LogP contribution >= 0.6 is 0 Å². The summed E-state index contributed by atoms with van der Waals surface area (Å²) in [6.45, 7) is 1.43. The van der Waals surface area contributed by atoms with E-state index >= 15 is 0 Å². The molecule has 1 saturated heterocycles. The molecule has 1 N–H and O–H groups in total. The predicted molar refractivity (Wildman–Crippen MR) is 72.7 cm³/mol. The summed E-state index contributed by atoms with van der Waals surface area (Å²) in [5.74, 6) is -0.375. The average Bonchev–Trinajstić information content (AvgIpc) is 2.45. The Kier molecular flexibility index (Phi) is 4.49. The molecular weight excluding hydrogens is 262 g/mol. The largest absolute Gasteiger partial charge is 0.481 e. The molecule has 0 unspecified atom stereocenters. The topological polar surface area (TPSA) is 96.6 Å². The summed E-state index contributed by atoms with van der Waals surface area (Å²) in [4.78, 5) is 26.9. The van der Waals surface area contributed by atoms with E-state index in [2.05, 4.69) is 4.98 Å². The summed E-state index contributed by atoms with van der Waals surface area (Å²) < 4.78 is 0. The molecule has 1 aliphatic heterocycles. The molecule has 0 bridgehead atoms. The van der Waals surface area contributed by atoms with Crippen molar-refractivity contribution in [2.45, 2.75) is 25.7 Å². The second kappa shape index (κ2) is 6.31. The van der Waals surface area contributed by atoms with E-state index in [0.717, 1.165) is 25.9 Å². The maximum absolute atomic E-state index is 11.0. The van der Waals surface area contributed by atoms with Gasteiger partial charge in [-0.1, -0.05) is 0 Å². The van der Waals surface area contributed by atoms with E-state index in [-0.39, 0.29) is 12.1 Å². The summed E-state index contributed by atoms with van der Waals surface area (Å²) in [6.07, 6.45) is 5.44. The number of nitrogens with zero attached hydrogens (tertiary/aromatic N) is 3. The molecule has 1 aliphatic rings. The molecule has 20 heavy (non-hydrogen) atoms. The number of aromatic nitrogens is 1.